The minimum absolute atomic E-state index is 0.0678. The van der Waals surface area contributed by atoms with Gasteiger partial charge in [-0.3, -0.25) is 0 Å². The molecule has 5 nitrogen and oxygen atoms in total. The number of hydrogen-bond donors (Lipinski definition) is 1. The maximum absolute atomic E-state index is 12.4. The van der Waals surface area contributed by atoms with E-state index in [0.717, 1.165) is 0 Å². The first-order valence-electron chi connectivity index (χ1n) is 6.65. The highest BCUT2D eigenvalue weighted by molar-refractivity contribution is 7.89. The monoisotopic (exact) mass is 311 g/mol. The predicted octanol–water partition coefficient (Wildman–Crippen LogP) is 1.08. The van der Waals surface area contributed by atoms with E-state index in [1.54, 1.807) is 12.1 Å². The third-order valence-corrected chi connectivity index (χ3v) is 4.56. The van der Waals surface area contributed by atoms with Gasteiger partial charge in [0.1, 0.15) is 6.61 Å². The van der Waals surface area contributed by atoms with Gasteiger partial charge in [0.15, 0.2) is 0 Å². The first kappa shape index (κ1) is 17.7. The van der Waals surface area contributed by atoms with Crippen LogP contribution in [0, 0.1) is 11.8 Å². The molecule has 0 bridgehead atoms. The Bertz CT molecular complexity index is 614. The first-order valence-corrected chi connectivity index (χ1v) is 8.09. The molecule has 0 radical (unpaired) electrons. The van der Waals surface area contributed by atoms with Crippen LogP contribution in [0.4, 0.5) is 0 Å². The number of aliphatic hydroxyl groups excluding tert-OH is 1. The van der Waals surface area contributed by atoms with Gasteiger partial charge in [-0.1, -0.05) is 17.9 Å². The zero-order chi connectivity index (χ0) is 15.9. The summed E-state index contributed by atoms with van der Waals surface area (Å²) in [4.78, 5) is 0.180. The van der Waals surface area contributed by atoms with Crippen LogP contribution in [0.15, 0.2) is 29.2 Å². The highest BCUT2D eigenvalue weighted by Crippen LogP contribution is 2.15. The molecule has 0 heterocycles. The molecule has 1 aromatic carbocycles. The van der Waals surface area contributed by atoms with E-state index < -0.39 is 10.0 Å². The van der Waals surface area contributed by atoms with E-state index in [4.69, 9.17) is 9.84 Å². The van der Waals surface area contributed by atoms with E-state index in [-0.39, 0.29) is 24.2 Å². The van der Waals surface area contributed by atoms with Crippen LogP contribution in [-0.2, 0) is 14.8 Å². The molecule has 0 amide bonds. The van der Waals surface area contributed by atoms with Crippen molar-refractivity contribution in [2.75, 3.05) is 26.8 Å². The van der Waals surface area contributed by atoms with Crippen molar-refractivity contribution in [3.63, 3.8) is 0 Å². The van der Waals surface area contributed by atoms with Crippen molar-refractivity contribution >= 4 is 10.0 Å². The Morgan fingerprint density at radius 3 is 2.71 bits per heavy atom. The molecule has 0 aliphatic rings. The van der Waals surface area contributed by atoms with Crippen LogP contribution in [0.1, 0.15) is 19.4 Å². The Labute approximate surface area is 126 Å². The van der Waals surface area contributed by atoms with Crippen LogP contribution in [0.25, 0.3) is 0 Å². The second-order valence-corrected chi connectivity index (χ2v) is 6.78. The van der Waals surface area contributed by atoms with E-state index in [9.17, 15) is 8.42 Å². The normalized spacial score (nSPS) is 11.5. The molecular formula is C15H21NO4S. The molecule has 0 saturated carbocycles. The van der Waals surface area contributed by atoms with Crippen molar-refractivity contribution in [1.82, 2.24) is 4.31 Å². The fraction of sp³-hybridized carbons (Fsp3) is 0.467. The lowest BCUT2D eigenvalue weighted by Gasteiger charge is -2.18. The summed E-state index contributed by atoms with van der Waals surface area (Å²) in [5.41, 5.74) is 0.553. The molecule has 1 aromatic rings. The lowest BCUT2D eigenvalue weighted by atomic mass is 10.2. The zero-order valence-corrected chi connectivity index (χ0v) is 13.4. The van der Waals surface area contributed by atoms with Crippen molar-refractivity contribution in [3.05, 3.63) is 29.8 Å². The topological polar surface area (TPSA) is 66.8 Å². The third-order valence-electron chi connectivity index (χ3n) is 2.71. The number of likely N-dealkylation sites (N-methyl/N-ethyl adjacent to an activating group) is 1. The van der Waals surface area contributed by atoms with Gasteiger partial charge in [-0.25, -0.2) is 8.42 Å². The molecule has 0 fully saturated rings. The number of aliphatic hydroxyl groups is 1. The summed E-state index contributed by atoms with van der Waals surface area (Å²) in [6, 6.07) is 6.35. The highest BCUT2D eigenvalue weighted by Gasteiger charge is 2.20. The fourth-order valence-electron chi connectivity index (χ4n) is 1.59. The molecule has 0 saturated heterocycles. The summed E-state index contributed by atoms with van der Waals surface area (Å²) in [5, 5.41) is 8.67. The van der Waals surface area contributed by atoms with Crippen molar-refractivity contribution in [2.45, 2.75) is 24.8 Å². The number of rotatable bonds is 6. The lowest BCUT2D eigenvalue weighted by Crippen LogP contribution is -2.31. The summed E-state index contributed by atoms with van der Waals surface area (Å²) in [6.45, 7) is 4.17. The van der Waals surface area contributed by atoms with Crippen molar-refractivity contribution in [2.24, 2.45) is 0 Å². The molecule has 0 atom stereocenters. The van der Waals surface area contributed by atoms with Crippen molar-refractivity contribution < 1.29 is 18.3 Å². The molecular weight excluding hydrogens is 290 g/mol. The predicted molar refractivity (Wildman–Crippen MR) is 81.3 cm³/mol. The second kappa shape index (κ2) is 8.15. The summed E-state index contributed by atoms with van der Waals surface area (Å²) in [7, 11) is -2.04. The minimum atomic E-state index is -3.56. The third kappa shape index (κ3) is 5.48. The largest absolute Gasteiger partial charge is 0.384 e. The van der Waals surface area contributed by atoms with Gasteiger partial charge in [0.25, 0.3) is 0 Å². The second-order valence-electron chi connectivity index (χ2n) is 4.73. The van der Waals surface area contributed by atoms with Crippen LogP contribution >= 0.6 is 0 Å². The Morgan fingerprint density at radius 2 is 2.10 bits per heavy atom. The molecule has 6 heteroatoms. The van der Waals surface area contributed by atoms with Gasteiger partial charge < -0.3 is 9.84 Å². The van der Waals surface area contributed by atoms with Gasteiger partial charge in [-0.05, 0) is 32.0 Å². The lowest BCUT2D eigenvalue weighted by molar-refractivity contribution is 0.0737. The van der Waals surface area contributed by atoms with Crippen LogP contribution in [-0.4, -0.2) is 50.7 Å². The van der Waals surface area contributed by atoms with E-state index in [0.29, 0.717) is 12.2 Å². The molecule has 1 N–H and O–H groups in total. The number of benzene rings is 1. The number of nitrogens with zero attached hydrogens (tertiary/aromatic N) is 1. The molecule has 0 aliphatic heterocycles. The van der Waals surface area contributed by atoms with Gasteiger partial charge in [0.2, 0.25) is 10.0 Å². The zero-order valence-electron chi connectivity index (χ0n) is 12.5. The van der Waals surface area contributed by atoms with Crippen LogP contribution in [0.5, 0.6) is 0 Å². The van der Waals surface area contributed by atoms with Gasteiger partial charge >= 0.3 is 0 Å². The summed E-state index contributed by atoms with van der Waals surface area (Å²) in [5.74, 6) is 5.19. The minimum Gasteiger partial charge on any atom is -0.384 e. The SMILES string of the molecule is CC(C)OCCN(C)S(=O)(=O)c1cccc(C#CCO)c1. The average molecular weight is 311 g/mol. The van der Waals surface area contributed by atoms with Crippen LogP contribution in [0.3, 0.4) is 0 Å². The maximum atomic E-state index is 12.4. The smallest absolute Gasteiger partial charge is 0.242 e. The standard InChI is InChI=1S/C15H21NO4S/c1-13(2)20-11-9-16(3)21(18,19)15-8-4-6-14(12-15)7-5-10-17/h4,6,8,12-13,17H,9-11H2,1-3H3. The average Bonchev–Trinajstić information content (AvgIpc) is 2.44. The van der Waals surface area contributed by atoms with Crippen molar-refractivity contribution in [3.8, 4) is 11.8 Å². The van der Waals surface area contributed by atoms with Crippen LogP contribution in [0.2, 0.25) is 0 Å². The van der Waals surface area contributed by atoms with Crippen LogP contribution < -0.4 is 0 Å². The molecule has 0 aromatic heterocycles. The molecule has 21 heavy (non-hydrogen) atoms. The van der Waals surface area contributed by atoms with Crippen molar-refractivity contribution in [1.29, 1.82) is 0 Å². The molecule has 116 valence electrons. The maximum Gasteiger partial charge on any atom is 0.242 e. The van der Waals surface area contributed by atoms with E-state index in [2.05, 4.69) is 11.8 Å². The first-order chi connectivity index (χ1) is 9.87. The van der Waals surface area contributed by atoms with Gasteiger partial charge in [0, 0.05) is 19.2 Å². The van der Waals surface area contributed by atoms with E-state index in [1.165, 1.54) is 23.5 Å². The Balaban J connectivity index is 2.86. The van der Waals surface area contributed by atoms with E-state index >= 15 is 0 Å². The number of sulfonamides is 1. The highest BCUT2D eigenvalue weighted by atomic mass is 32.2. The fourth-order valence-corrected chi connectivity index (χ4v) is 2.79. The summed E-state index contributed by atoms with van der Waals surface area (Å²) < 4.78 is 31.4. The Morgan fingerprint density at radius 1 is 1.38 bits per heavy atom. The van der Waals surface area contributed by atoms with Gasteiger partial charge in [-0.2, -0.15) is 4.31 Å². The molecule has 0 spiro atoms. The summed E-state index contributed by atoms with van der Waals surface area (Å²) in [6.07, 6.45) is 0.0678. The molecule has 0 aliphatic carbocycles. The number of ether oxygens (including phenoxy) is 1. The molecule has 0 unspecified atom stereocenters. The van der Waals surface area contributed by atoms with Gasteiger partial charge in [0.05, 0.1) is 17.6 Å². The molecule has 1 rings (SSSR count). The number of hydrogen-bond acceptors (Lipinski definition) is 4. The van der Waals surface area contributed by atoms with Gasteiger partial charge in [-0.15, -0.1) is 0 Å². The Hall–Kier alpha value is -1.39. The Kier molecular flexibility index (Phi) is 6.85. The summed E-state index contributed by atoms with van der Waals surface area (Å²) >= 11 is 0. The quantitative estimate of drug-likeness (QED) is 0.798. The van der Waals surface area contributed by atoms with E-state index in [1.807, 2.05) is 13.8 Å².